The minimum Gasteiger partial charge on any atom is -0.345 e. The molecule has 3 rings (SSSR count). The smallest absolute Gasteiger partial charge is 0.252 e. The fourth-order valence-corrected chi connectivity index (χ4v) is 2.33. The lowest BCUT2D eigenvalue weighted by atomic mass is 10.0. The molecule has 2 aromatic rings. The van der Waals surface area contributed by atoms with Gasteiger partial charge in [0.15, 0.2) is 0 Å². The highest BCUT2D eigenvalue weighted by Gasteiger charge is 2.29. The molecule has 2 N–H and O–H groups in total. The third kappa shape index (κ3) is 2.16. The van der Waals surface area contributed by atoms with Crippen molar-refractivity contribution in [1.29, 1.82) is 0 Å². The second-order valence-electron chi connectivity index (χ2n) is 4.73. The maximum absolute atomic E-state index is 12.0. The molecule has 2 heterocycles. The Balaban J connectivity index is 1.72. The minimum atomic E-state index is -0.279. The normalized spacial score (nSPS) is 16.6. The van der Waals surface area contributed by atoms with Crippen molar-refractivity contribution < 1.29 is 9.59 Å². The topological polar surface area (TPSA) is 76.0 Å². The molecule has 1 aliphatic heterocycles. The maximum atomic E-state index is 12.0. The SMILES string of the molecule is Cn1ccnc1NC(=O)CC1NC(=O)c2ccccc21. The van der Waals surface area contributed by atoms with E-state index in [0.717, 1.165) is 5.56 Å². The molecule has 2 amide bonds. The van der Waals surface area contributed by atoms with Crippen LogP contribution in [0.15, 0.2) is 36.7 Å². The Morgan fingerprint density at radius 3 is 3.00 bits per heavy atom. The number of nitrogens with zero attached hydrogens (tertiary/aromatic N) is 2. The molecule has 1 atom stereocenters. The van der Waals surface area contributed by atoms with E-state index in [9.17, 15) is 9.59 Å². The molecule has 0 bridgehead atoms. The fourth-order valence-electron chi connectivity index (χ4n) is 2.33. The maximum Gasteiger partial charge on any atom is 0.252 e. The Hall–Kier alpha value is -2.63. The van der Waals surface area contributed by atoms with Crippen LogP contribution in [0.4, 0.5) is 5.95 Å². The number of anilines is 1. The summed E-state index contributed by atoms with van der Waals surface area (Å²) in [6.07, 6.45) is 3.56. The number of hydrogen-bond donors (Lipinski definition) is 2. The molecule has 0 saturated carbocycles. The van der Waals surface area contributed by atoms with Crippen molar-refractivity contribution in [3.05, 3.63) is 47.8 Å². The largest absolute Gasteiger partial charge is 0.345 e. The van der Waals surface area contributed by atoms with E-state index in [1.165, 1.54) is 0 Å². The molecule has 0 fully saturated rings. The molecule has 0 aliphatic carbocycles. The van der Waals surface area contributed by atoms with Gasteiger partial charge in [-0.25, -0.2) is 4.98 Å². The zero-order chi connectivity index (χ0) is 14.1. The first-order valence-electron chi connectivity index (χ1n) is 6.32. The number of aromatic nitrogens is 2. The molecule has 1 unspecified atom stereocenters. The van der Waals surface area contributed by atoms with E-state index in [1.807, 2.05) is 18.2 Å². The molecule has 1 aromatic heterocycles. The fraction of sp³-hybridized carbons (Fsp3) is 0.214. The lowest BCUT2D eigenvalue weighted by Gasteiger charge is -2.11. The third-order valence-corrected chi connectivity index (χ3v) is 3.35. The molecular weight excluding hydrogens is 256 g/mol. The first kappa shape index (κ1) is 12.4. The lowest BCUT2D eigenvalue weighted by molar-refractivity contribution is -0.116. The summed E-state index contributed by atoms with van der Waals surface area (Å²) in [7, 11) is 1.80. The average Bonchev–Trinajstić information content (AvgIpc) is 2.96. The van der Waals surface area contributed by atoms with Crippen LogP contribution in [-0.2, 0) is 11.8 Å². The van der Waals surface area contributed by atoms with E-state index in [0.29, 0.717) is 11.5 Å². The summed E-state index contributed by atoms with van der Waals surface area (Å²) in [6, 6.07) is 7.03. The number of amides is 2. The predicted molar refractivity (Wildman–Crippen MR) is 73.1 cm³/mol. The summed E-state index contributed by atoms with van der Waals surface area (Å²) in [4.78, 5) is 27.8. The van der Waals surface area contributed by atoms with Crippen molar-refractivity contribution in [1.82, 2.24) is 14.9 Å². The summed E-state index contributed by atoms with van der Waals surface area (Å²) in [6.45, 7) is 0. The molecule has 102 valence electrons. The number of rotatable bonds is 3. The lowest BCUT2D eigenvalue weighted by Crippen LogP contribution is -2.25. The van der Waals surface area contributed by atoms with E-state index >= 15 is 0 Å². The first-order valence-corrected chi connectivity index (χ1v) is 6.32. The summed E-state index contributed by atoms with van der Waals surface area (Å²) in [5.41, 5.74) is 1.51. The van der Waals surface area contributed by atoms with E-state index in [-0.39, 0.29) is 24.3 Å². The van der Waals surface area contributed by atoms with E-state index in [4.69, 9.17) is 0 Å². The van der Waals surface area contributed by atoms with Crippen molar-refractivity contribution in [2.75, 3.05) is 5.32 Å². The van der Waals surface area contributed by atoms with Crippen molar-refractivity contribution in [2.24, 2.45) is 7.05 Å². The number of hydrogen-bond acceptors (Lipinski definition) is 3. The van der Waals surface area contributed by atoms with Gasteiger partial charge in [0.1, 0.15) is 0 Å². The van der Waals surface area contributed by atoms with Gasteiger partial charge in [-0.1, -0.05) is 18.2 Å². The van der Waals surface area contributed by atoms with Gasteiger partial charge in [0.05, 0.1) is 12.5 Å². The standard InChI is InChI=1S/C14H14N4O2/c1-18-7-6-15-14(18)17-12(19)8-11-9-4-2-3-5-10(9)13(20)16-11/h2-7,11H,8H2,1H3,(H,16,20)(H,15,17,19). The zero-order valence-corrected chi connectivity index (χ0v) is 11.0. The molecule has 0 radical (unpaired) electrons. The molecule has 6 heteroatoms. The van der Waals surface area contributed by atoms with Crippen LogP contribution in [0.3, 0.4) is 0 Å². The second-order valence-corrected chi connectivity index (χ2v) is 4.73. The number of imidazole rings is 1. The monoisotopic (exact) mass is 270 g/mol. The van der Waals surface area contributed by atoms with Crippen LogP contribution >= 0.6 is 0 Å². The van der Waals surface area contributed by atoms with Gasteiger partial charge in [-0.3, -0.25) is 14.9 Å². The van der Waals surface area contributed by atoms with Gasteiger partial charge in [0, 0.05) is 25.0 Å². The van der Waals surface area contributed by atoms with Crippen LogP contribution in [0.25, 0.3) is 0 Å². The van der Waals surface area contributed by atoms with Gasteiger partial charge in [-0.2, -0.15) is 0 Å². The molecule has 0 spiro atoms. The summed E-state index contributed by atoms with van der Waals surface area (Å²) < 4.78 is 1.72. The van der Waals surface area contributed by atoms with Gasteiger partial charge in [0.25, 0.3) is 5.91 Å². The molecule has 1 aromatic carbocycles. The third-order valence-electron chi connectivity index (χ3n) is 3.35. The molecule has 20 heavy (non-hydrogen) atoms. The molecule has 6 nitrogen and oxygen atoms in total. The first-order chi connectivity index (χ1) is 9.65. The average molecular weight is 270 g/mol. The van der Waals surface area contributed by atoms with Gasteiger partial charge >= 0.3 is 0 Å². The van der Waals surface area contributed by atoms with Gasteiger partial charge in [-0.15, -0.1) is 0 Å². The number of carbonyl (C=O) groups excluding carboxylic acids is 2. The Labute approximate surface area is 115 Å². The Kier molecular flexibility index (Phi) is 2.98. The number of nitrogens with one attached hydrogen (secondary N) is 2. The van der Waals surface area contributed by atoms with Crippen LogP contribution < -0.4 is 10.6 Å². The van der Waals surface area contributed by atoms with Crippen LogP contribution in [0.1, 0.15) is 28.4 Å². The van der Waals surface area contributed by atoms with Gasteiger partial charge in [-0.05, 0) is 11.6 Å². The second kappa shape index (κ2) is 4.80. The highest BCUT2D eigenvalue weighted by molar-refractivity contribution is 6.00. The number of fused-ring (bicyclic) bond motifs is 1. The van der Waals surface area contributed by atoms with Crippen molar-refractivity contribution >= 4 is 17.8 Å². The van der Waals surface area contributed by atoms with E-state index in [2.05, 4.69) is 15.6 Å². The molecular formula is C14H14N4O2. The Morgan fingerprint density at radius 1 is 1.45 bits per heavy atom. The zero-order valence-electron chi connectivity index (χ0n) is 11.0. The quantitative estimate of drug-likeness (QED) is 0.880. The Bertz CT molecular complexity index is 677. The number of benzene rings is 1. The van der Waals surface area contributed by atoms with E-state index in [1.54, 1.807) is 30.1 Å². The van der Waals surface area contributed by atoms with Crippen LogP contribution in [0.2, 0.25) is 0 Å². The summed E-state index contributed by atoms with van der Waals surface area (Å²) in [5, 5.41) is 5.54. The summed E-state index contributed by atoms with van der Waals surface area (Å²) in [5.74, 6) is 0.185. The van der Waals surface area contributed by atoms with Crippen LogP contribution in [0.5, 0.6) is 0 Å². The van der Waals surface area contributed by atoms with Crippen molar-refractivity contribution in [3.63, 3.8) is 0 Å². The highest BCUT2D eigenvalue weighted by atomic mass is 16.2. The molecule has 1 aliphatic rings. The van der Waals surface area contributed by atoms with Crippen molar-refractivity contribution in [3.8, 4) is 0 Å². The summed E-state index contributed by atoms with van der Waals surface area (Å²) >= 11 is 0. The predicted octanol–water partition coefficient (Wildman–Crippen LogP) is 1.23. The van der Waals surface area contributed by atoms with Gasteiger partial charge in [0.2, 0.25) is 11.9 Å². The number of carbonyl (C=O) groups is 2. The van der Waals surface area contributed by atoms with Crippen LogP contribution in [-0.4, -0.2) is 21.4 Å². The highest BCUT2D eigenvalue weighted by Crippen LogP contribution is 2.27. The van der Waals surface area contributed by atoms with Crippen molar-refractivity contribution in [2.45, 2.75) is 12.5 Å². The van der Waals surface area contributed by atoms with Crippen LogP contribution in [0, 0.1) is 0 Å². The minimum absolute atomic E-state index is 0.129. The number of aryl methyl sites for hydroxylation is 1. The van der Waals surface area contributed by atoms with E-state index < -0.39 is 0 Å². The molecule has 0 saturated heterocycles. The van der Waals surface area contributed by atoms with Gasteiger partial charge < -0.3 is 9.88 Å². The Morgan fingerprint density at radius 2 is 2.25 bits per heavy atom.